The molecule has 0 aromatic heterocycles. The van der Waals surface area contributed by atoms with Gasteiger partial charge in [-0.2, -0.15) is 0 Å². The Morgan fingerprint density at radius 2 is 1.44 bits per heavy atom. The molecule has 2 saturated heterocycles. The van der Waals surface area contributed by atoms with Gasteiger partial charge in [0.05, 0.1) is 0 Å². The highest BCUT2D eigenvalue weighted by atomic mass is 16.3. The molecule has 0 bridgehead atoms. The third-order valence-corrected chi connectivity index (χ3v) is 11.4. The van der Waals surface area contributed by atoms with Gasteiger partial charge in [0.15, 0.2) is 0 Å². The molecule has 6 rings (SSSR count). The number of nitrogens with one attached hydrogen (secondary N) is 1. The first-order chi connectivity index (χ1) is 19.9. The largest absolute Gasteiger partial charge is 0.380 e. The summed E-state index contributed by atoms with van der Waals surface area (Å²) in [6.07, 6.45) is 17.4. The summed E-state index contributed by atoms with van der Waals surface area (Å²) in [6.45, 7) is 6.56. The van der Waals surface area contributed by atoms with E-state index in [0.29, 0.717) is 44.9 Å². The highest BCUT2D eigenvalue weighted by Crippen LogP contribution is 2.53. The normalized spacial score (nSPS) is 31.5. The van der Waals surface area contributed by atoms with Crippen LogP contribution >= 0.6 is 0 Å². The minimum absolute atomic E-state index is 0.0487. The van der Waals surface area contributed by atoms with Crippen molar-refractivity contribution in [3.63, 3.8) is 0 Å². The van der Waals surface area contributed by atoms with E-state index in [1.54, 1.807) is 4.90 Å². The third-order valence-electron chi connectivity index (χ3n) is 11.4. The van der Waals surface area contributed by atoms with Crippen molar-refractivity contribution >= 4 is 11.8 Å². The monoisotopic (exact) mass is 564 g/mol. The molecule has 1 aromatic carbocycles. The number of rotatable bonds is 5. The maximum atomic E-state index is 13.3. The number of nitrogens with zero attached hydrogens (tertiary/aromatic N) is 3. The minimum Gasteiger partial charge on any atom is -0.380 e. The molecule has 5 aliphatic rings. The van der Waals surface area contributed by atoms with E-state index >= 15 is 0 Å². The Kier molecular flexibility index (Phi) is 8.76. The number of piperazine rings is 1. The van der Waals surface area contributed by atoms with E-state index in [1.165, 1.54) is 82.6 Å². The molecular weight excluding hydrogens is 512 g/mol. The molecule has 2 amide bonds. The predicted octanol–water partition coefficient (Wildman–Crippen LogP) is 5.10. The summed E-state index contributed by atoms with van der Waals surface area (Å²) in [5.74, 6) is 1.91. The fraction of sp³-hybridized carbons (Fsp3) is 0.765. The number of amides is 2. The molecule has 3 aliphatic carbocycles. The van der Waals surface area contributed by atoms with Crippen LogP contribution in [0.25, 0.3) is 0 Å². The van der Waals surface area contributed by atoms with Crippen molar-refractivity contribution in [1.29, 1.82) is 0 Å². The van der Waals surface area contributed by atoms with Gasteiger partial charge in [-0.15, -0.1) is 0 Å². The highest BCUT2D eigenvalue weighted by molar-refractivity contribution is 5.94. The number of carbonyl (C=O) groups excluding carboxylic acids is 2. The predicted molar refractivity (Wildman–Crippen MR) is 161 cm³/mol. The van der Waals surface area contributed by atoms with Crippen LogP contribution in [0, 0.1) is 11.8 Å². The summed E-state index contributed by atoms with van der Waals surface area (Å²) < 4.78 is 0. The lowest BCUT2D eigenvalue weighted by Crippen LogP contribution is -2.58. The average molecular weight is 565 g/mol. The molecule has 2 N–H and O–H groups in total. The fourth-order valence-corrected chi connectivity index (χ4v) is 8.83. The maximum Gasteiger partial charge on any atom is 0.254 e. The molecule has 3 unspecified atom stereocenters. The number of aliphatic hydroxyl groups is 1. The lowest BCUT2D eigenvalue weighted by Gasteiger charge is -2.52. The first kappa shape index (κ1) is 29.1. The van der Waals surface area contributed by atoms with Crippen LogP contribution < -0.4 is 5.43 Å². The topological polar surface area (TPSA) is 76.1 Å². The van der Waals surface area contributed by atoms with Gasteiger partial charge < -0.3 is 14.9 Å². The average Bonchev–Trinajstić information content (AvgIpc) is 3.66. The zero-order chi connectivity index (χ0) is 28.5. The Morgan fingerprint density at radius 1 is 0.829 bits per heavy atom. The molecule has 1 aromatic rings. The molecule has 2 aliphatic heterocycles. The van der Waals surface area contributed by atoms with Crippen molar-refractivity contribution in [3.8, 4) is 0 Å². The Balaban J connectivity index is 1.13. The van der Waals surface area contributed by atoms with Crippen LogP contribution in [0.4, 0.5) is 0 Å². The van der Waals surface area contributed by atoms with Gasteiger partial charge >= 0.3 is 0 Å². The van der Waals surface area contributed by atoms with Crippen molar-refractivity contribution in [2.24, 2.45) is 11.8 Å². The minimum atomic E-state index is -1.13. The third kappa shape index (κ3) is 5.83. The first-order valence-electron chi connectivity index (χ1n) is 16.9. The number of fused-ring (bicyclic) bond motifs is 1. The van der Waals surface area contributed by atoms with Gasteiger partial charge in [0.1, 0.15) is 5.60 Å². The summed E-state index contributed by atoms with van der Waals surface area (Å²) in [5.41, 5.74) is 5.09. The van der Waals surface area contributed by atoms with E-state index in [9.17, 15) is 14.7 Å². The van der Waals surface area contributed by atoms with Gasteiger partial charge in [-0.25, -0.2) is 5.01 Å². The molecule has 226 valence electrons. The molecule has 5 fully saturated rings. The van der Waals surface area contributed by atoms with Crippen molar-refractivity contribution < 1.29 is 14.7 Å². The highest BCUT2D eigenvalue weighted by Gasteiger charge is 2.55. The Morgan fingerprint density at radius 3 is 2.05 bits per heavy atom. The summed E-state index contributed by atoms with van der Waals surface area (Å²) in [5, 5.41) is 12.8. The van der Waals surface area contributed by atoms with E-state index in [0.717, 1.165) is 30.5 Å². The van der Waals surface area contributed by atoms with E-state index < -0.39 is 5.60 Å². The van der Waals surface area contributed by atoms with Crippen molar-refractivity contribution in [3.05, 3.63) is 35.4 Å². The molecule has 3 saturated carbocycles. The molecule has 7 heteroatoms. The van der Waals surface area contributed by atoms with Gasteiger partial charge in [-0.3, -0.25) is 15.0 Å². The zero-order valence-corrected chi connectivity index (χ0v) is 25.3. The van der Waals surface area contributed by atoms with Gasteiger partial charge in [-0.05, 0) is 80.4 Å². The standard InChI is InChI=1S/C34H52N4O3/c1-2-38-34(29-10-8-6-4-3-5-7-9-11-29)24-28(16-17-30(34)25-35-38)26-12-14-27(15-13-26)31(39)36-20-22-37(23-21-36)32(40)33(41)18-19-33/h12-15,28-30,35,41H,2-11,16-25H2,1H3. The van der Waals surface area contributed by atoms with Crippen LogP contribution in [0.3, 0.4) is 0 Å². The van der Waals surface area contributed by atoms with Crippen LogP contribution in [0.2, 0.25) is 0 Å². The Bertz CT molecular complexity index is 1050. The number of hydrogen-bond donors (Lipinski definition) is 2. The Labute approximate surface area is 247 Å². The van der Waals surface area contributed by atoms with E-state index in [2.05, 4.69) is 29.5 Å². The second kappa shape index (κ2) is 12.3. The number of hydrazine groups is 1. The number of carbonyl (C=O) groups is 2. The fourth-order valence-electron chi connectivity index (χ4n) is 8.83. The first-order valence-corrected chi connectivity index (χ1v) is 16.9. The molecule has 0 radical (unpaired) electrons. The van der Waals surface area contributed by atoms with Crippen molar-refractivity contribution in [2.75, 3.05) is 39.3 Å². The lowest BCUT2D eigenvalue weighted by molar-refractivity contribution is -0.143. The molecule has 7 nitrogen and oxygen atoms in total. The van der Waals surface area contributed by atoms with Crippen LogP contribution in [-0.4, -0.2) is 82.1 Å². The van der Waals surface area contributed by atoms with Gasteiger partial charge in [0.25, 0.3) is 11.8 Å². The molecular formula is C34H52N4O3. The second-order valence-electron chi connectivity index (χ2n) is 13.8. The summed E-state index contributed by atoms with van der Waals surface area (Å²) in [7, 11) is 0. The molecule has 3 atom stereocenters. The zero-order valence-electron chi connectivity index (χ0n) is 25.3. The summed E-state index contributed by atoms with van der Waals surface area (Å²) in [6, 6.07) is 8.52. The van der Waals surface area contributed by atoms with Crippen molar-refractivity contribution in [2.45, 2.75) is 114 Å². The second-order valence-corrected chi connectivity index (χ2v) is 13.8. The molecule has 2 heterocycles. The summed E-state index contributed by atoms with van der Waals surface area (Å²) in [4.78, 5) is 29.4. The molecule has 0 spiro atoms. The van der Waals surface area contributed by atoms with Gasteiger partial charge in [-0.1, -0.05) is 64.0 Å². The van der Waals surface area contributed by atoms with Crippen molar-refractivity contribution in [1.82, 2.24) is 20.2 Å². The SMILES string of the molecule is CCN1NCC2CCC(c3ccc(C(=O)N4CCN(C(=O)C5(O)CC5)CC4)cc3)CC21C1CCCCCCCCC1. The lowest BCUT2D eigenvalue weighted by atomic mass is 9.60. The molecule has 41 heavy (non-hydrogen) atoms. The maximum absolute atomic E-state index is 13.3. The van der Waals surface area contributed by atoms with Crippen LogP contribution in [0.5, 0.6) is 0 Å². The summed E-state index contributed by atoms with van der Waals surface area (Å²) >= 11 is 0. The smallest absolute Gasteiger partial charge is 0.254 e. The number of benzene rings is 1. The van der Waals surface area contributed by atoms with E-state index in [-0.39, 0.29) is 17.4 Å². The Hall–Kier alpha value is -1.96. The van der Waals surface area contributed by atoms with E-state index in [4.69, 9.17) is 0 Å². The van der Waals surface area contributed by atoms with Crippen LogP contribution in [-0.2, 0) is 4.79 Å². The van der Waals surface area contributed by atoms with Gasteiger partial charge in [0.2, 0.25) is 0 Å². The van der Waals surface area contributed by atoms with E-state index in [1.807, 2.05) is 17.0 Å². The quantitative estimate of drug-likeness (QED) is 0.521. The van der Waals surface area contributed by atoms with Crippen LogP contribution in [0.15, 0.2) is 24.3 Å². The van der Waals surface area contributed by atoms with Crippen LogP contribution in [0.1, 0.15) is 119 Å². The number of hydrogen-bond acceptors (Lipinski definition) is 5. The van der Waals surface area contributed by atoms with Gasteiger partial charge in [0, 0.05) is 50.4 Å².